The van der Waals surface area contributed by atoms with Gasteiger partial charge in [0.25, 0.3) is 0 Å². The Kier molecular flexibility index (Phi) is 4.24. The van der Waals surface area contributed by atoms with Gasteiger partial charge in [0.15, 0.2) is 0 Å². The van der Waals surface area contributed by atoms with E-state index in [0.717, 1.165) is 0 Å². The van der Waals surface area contributed by atoms with Gasteiger partial charge in [-0.3, -0.25) is 0 Å². The minimum Gasteiger partial charge on any atom is -0.358 e. The van der Waals surface area contributed by atoms with Gasteiger partial charge in [-0.2, -0.15) is 0 Å². The second kappa shape index (κ2) is 4.13. The molecule has 3 heteroatoms. The second-order valence-electron chi connectivity index (χ2n) is 0.866. The first-order valence-electron chi connectivity index (χ1n) is 1.72. The first kappa shape index (κ1) is 5.13. The molecule has 0 aliphatic rings. The molecule has 0 atom stereocenters. The van der Waals surface area contributed by atoms with Crippen LogP contribution in [-0.4, -0.2) is 18.2 Å². The van der Waals surface area contributed by atoms with E-state index in [1.807, 2.05) is 5.70 Å². The van der Waals surface area contributed by atoms with Crippen molar-refractivity contribution in [2.24, 2.45) is 5.40 Å². The van der Waals surface area contributed by atoms with Crippen molar-refractivity contribution in [2.45, 2.75) is 0 Å². The second-order valence-corrected chi connectivity index (χ2v) is 6.06. The predicted molar refractivity (Wildman–Crippen MR) is 31.5 cm³/mol. The fraction of sp³-hybridized carbons (Fsp3) is 0. The number of hydrogen-bond donors (Lipinski definition) is 1. The summed E-state index contributed by atoms with van der Waals surface area (Å²) in [6, 6.07) is 0. The Hall–Kier alpha value is 0.134. The molecule has 2 N–H and O–H groups in total. The maximum Gasteiger partial charge on any atom is 0.0775 e. The Bertz CT molecular complexity index is 28.8. The lowest BCUT2D eigenvalue weighted by atomic mass is 11.3. The number of nitrogens with two attached hydrogens (primary N) is 1. The zero-order chi connectivity index (χ0) is 4.12. The summed E-state index contributed by atoms with van der Waals surface area (Å²) in [6.07, 6.45) is 0. The van der Waals surface area contributed by atoms with Crippen LogP contribution in [0.4, 0.5) is 0 Å². The van der Waals surface area contributed by atoms with Gasteiger partial charge in [-0.05, 0) is 0 Å². The molecule has 5 heavy (non-hydrogen) atoms. The summed E-state index contributed by atoms with van der Waals surface area (Å²) in [5.74, 6) is 0. The number of rotatable bonds is 2. The van der Waals surface area contributed by atoms with Crippen LogP contribution in [-0.2, 0) is 0 Å². The summed E-state index contributed by atoms with van der Waals surface area (Å²) in [5, 5.41) is 5.27. The molecule has 30 valence electrons. The quantitative estimate of drug-likeness (QED) is 0.412. The van der Waals surface area contributed by atoms with Crippen molar-refractivity contribution in [1.82, 2.24) is 0 Å². The zero-order valence-electron chi connectivity index (χ0n) is 3.28. The average molecular weight is 103 g/mol. The maximum atomic E-state index is 5.27. The van der Waals surface area contributed by atoms with Gasteiger partial charge in [-0.15, -0.1) is 12.3 Å². The molecule has 0 aromatic rings. The fourth-order valence-corrected chi connectivity index (χ4v) is 1.06. The Labute approximate surface area is 36.8 Å². The molecule has 0 heterocycles. The Morgan fingerprint density at radius 3 is 2.40 bits per heavy atom. The van der Waals surface area contributed by atoms with E-state index < -0.39 is 0 Å². The summed E-state index contributed by atoms with van der Waals surface area (Å²) in [5.41, 5.74) is 2.01. The molecule has 0 aliphatic heterocycles. The Balaban J connectivity index is 2.40. The molecule has 0 saturated carbocycles. The standard InChI is InChI=1S/C2H9NSi2/c1-2-4-5-3/h2H,1,3-5H2. The highest BCUT2D eigenvalue weighted by Gasteiger charge is 1.65. The van der Waals surface area contributed by atoms with Gasteiger partial charge in [0.05, 0.1) is 9.20 Å². The molecule has 0 radical (unpaired) electrons. The van der Waals surface area contributed by atoms with Crippen molar-refractivity contribution in [3.8, 4) is 0 Å². The predicted octanol–water partition coefficient (Wildman–Crippen LogP) is -1.74. The van der Waals surface area contributed by atoms with Crippen molar-refractivity contribution in [2.75, 3.05) is 0 Å². The van der Waals surface area contributed by atoms with Crippen LogP contribution in [0, 0.1) is 0 Å². The van der Waals surface area contributed by atoms with Crippen LogP contribution in [0.1, 0.15) is 0 Å². The Morgan fingerprint density at radius 2 is 2.40 bits per heavy atom. The van der Waals surface area contributed by atoms with Crippen LogP contribution in [0.15, 0.2) is 12.3 Å². The monoisotopic (exact) mass is 103 g/mol. The van der Waals surface area contributed by atoms with Crippen molar-refractivity contribution < 1.29 is 0 Å². The van der Waals surface area contributed by atoms with Crippen LogP contribution in [0.25, 0.3) is 0 Å². The lowest BCUT2D eigenvalue weighted by molar-refractivity contribution is 1.97. The molecule has 0 spiro atoms. The van der Waals surface area contributed by atoms with Crippen LogP contribution in [0.3, 0.4) is 0 Å². The molecule has 1 nitrogen and oxygen atoms in total. The van der Waals surface area contributed by atoms with Gasteiger partial charge in [0, 0.05) is 9.04 Å². The fourth-order valence-electron chi connectivity index (χ4n) is 0.118. The van der Waals surface area contributed by atoms with Crippen LogP contribution < -0.4 is 5.40 Å². The van der Waals surface area contributed by atoms with E-state index in [0.29, 0.717) is 0 Å². The third kappa shape index (κ3) is 4.13. The molecular formula is C2H9NSi2. The van der Waals surface area contributed by atoms with Gasteiger partial charge in [0.1, 0.15) is 0 Å². The minimum absolute atomic E-state index is 0.0652. The van der Waals surface area contributed by atoms with E-state index in [1.165, 1.54) is 0 Å². The topological polar surface area (TPSA) is 26.0 Å². The molecule has 0 aromatic carbocycles. The Morgan fingerprint density at radius 1 is 1.80 bits per heavy atom. The van der Waals surface area contributed by atoms with Crippen molar-refractivity contribution in [1.29, 1.82) is 0 Å². The van der Waals surface area contributed by atoms with E-state index in [1.54, 1.807) is 0 Å². The maximum absolute atomic E-state index is 5.27. The molecule has 0 rings (SSSR count). The van der Waals surface area contributed by atoms with Gasteiger partial charge >= 0.3 is 0 Å². The highest BCUT2D eigenvalue weighted by molar-refractivity contribution is 7.01. The lowest BCUT2D eigenvalue weighted by Gasteiger charge is -1.70. The van der Waals surface area contributed by atoms with E-state index in [9.17, 15) is 0 Å². The van der Waals surface area contributed by atoms with Crippen molar-refractivity contribution >= 4 is 18.2 Å². The first-order chi connectivity index (χ1) is 2.41. The molecule has 0 amide bonds. The molecular weight excluding hydrogens is 94.2 g/mol. The smallest absolute Gasteiger partial charge is 0.0775 e. The summed E-state index contributed by atoms with van der Waals surface area (Å²) in [7, 11) is 0.0475. The van der Waals surface area contributed by atoms with Gasteiger partial charge in [0.2, 0.25) is 0 Å². The molecule has 0 unspecified atom stereocenters. The van der Waals surface area contributed by atoms with Crippen LogP contribution in [0.2, 0.25) is 0 Å². The molecule has 0 saturated heterocycles. The number of hydrogen-bond acceptors (Lipinski definition) is 1. The largest absolute Gasteiger partial charge is 0.358 e. The zero-order valence-corrected chi connectivity index (χ0v) is 6.10. The van der Waals surface area contributed by atoms with Crippen LogP contribution in [0.5, 0.6) is 0 Å². The summed E-state index contributed by atoms with van der Waals surface area (Å²) in [4.78, 5) is 0. The van der Waals surface area contributed by atoms with Crippen molar-refractivity contribution in [3.63, 3.8) is 0 Å². The van der Waals surface area contributed by atoms with Crippen molar-refractivity contribution in [3.05, 3.63) is 12.3 Å². The first-order valence-corrected chi connectivity index (χ1v) is 7.36. The van der Waals surface area contributed by atoms with Crippen LogP contribution >= 0.6 is 0 Å². The molecule has 0 aliphatic carbocycles. The minimum atomic E-state index is -0.0652. The summed E-state index contributed by atoms with van der Waals surface area (Å²) >= 11 is 0. The highest BCUT2D eigenvalue weighted by atomic mass is 29.1. The van der Waals surface area contributed by atoms with Gasteiger partial charge in [-0.25, -0.2) is 0 Å². The molecule has 0 fully saturated rings. The normalized spacial score (nSPS) is 12.2. The van der Waals surface area contributed by atoms with Gasteiger partial charge < -0.3 is 5.40 Å². The molecule has 0 aromatic heterocycles. The summed E-state index contributed by atoms with van der Waals surface area (Å²) in [6.45, 7) is 3.57. The van der Waals surface area contributed by atoms with E-state index in [2.05, 4.69) is 6.58 Å². The SMILES string of the molecule is C=C[SiH2][SiH2]N. The lowest BCUT2D eigenvalue weighted by Crippen LogP contribution is -2.11. The average Bonchev–Trinajstić information content (AvgIpc) is 1.41. The third-order valence-electron chi connectivity index (χ3n) is 0.371. The van der Waals surface area contributed by atoms with Gasteiger partial charge in [-0.1, -0.05) is 0 Å². The molecule has 0 bridgehead atoms. The highest BCUT2D eigenvalue weighted by Crippen LogP contribution is 1.44. The third-order valence-corrected chi connectivity index (χ3v) is 3.34. The van der Waals surface area contributed by atoms with E-state index in [-0.39, 0.29) is 18.2 Å². The summed E-state index contributed by atoms with van der Waals surface area (Å²) < 4.78 is 0. The van der Waals surface area contributed by atoms with E-state index >= 15 is 0 Å². The van der Waals surface area contributed by atoms with E-state index in [4.69, 9.17) is 5.40 Å².